The van der Waals surface area contributed by atoms with Crippen LogP contribution in [0.15, 0.2) is 16.9 Å². The molecule has 1 N–H and O–H groups in total. The molecule has 2 aromatic heterocycles. The average Bonchev–Trinajstić information content (AvgIpc) is 2.34. The summed E-state index contributed by atoms with van der Waals surface area (Å²) in [6.45, 7) is 0. The van der Waals surface area contributed by atoms with Crippen molar-refractivity contribution in [1.29, 1.82) is 0 Å². The first kappa shape index (κ1) is 7.48. The zero-order chi connectivity index (χ0) is 7.84. The van der Waals surface area contributed by atoms with Crippen LogP contribution in [-0.4, -0.2) is 15.2 Å². The maximum atomic E-state index is 4.11. The van der Waals surface area contributed by atoms with E-state index in [1.54, 1.807) is 6.20 Å². The molecular formula is C6H3BrIN3. The number of pyridine rings is 1. The van der Waals surface area contributed by atoms with Gasteiger partial charge in [0, 0.05) is 9.77 Å². The lowest BCUT2D eigenvalue weighted by molar-refractivity contribution is 1.08. The third-order valence-electron chi connectivity index (χ3n) is 1.37. The first-order chi connectivity index (χ1) is 5.29. The molecule has 0 aliphatic rings. The highest BCUT2D eigenvalue weighted by Gasteiger charge is 2.05. The Balaban J connectivity index is 2.96. The molecule has 2 aromatic rings. The summed E-state index contributed by atoms with van der Waals surface area (Å²) in [4.78, 5) is 4.11. The van der Waals surface area contributed by atoms with Crippen molar-refractivity contribution in [2.45, 2.75) is 0 Å². The number of hydrogen-bond acceptors (Lipinski definition) is 2. The molecule has 0 spiro atoms. The van der Waals surface area contributed by atoms with Crippen LogP contribution < -0.4 is 0 Å². The minimum Gasteiger partial charge on any atom is -0.260 e. The van der Waals surface area contributed by atoms with Crippen LogP contribution in [0.2, 0.25) is 0 Å². The summed E-state index contributed by atoms with van der Waals surface area (Å²) in [5.41, 5.74) is 0.823. The lowest BCUT2D eigenvalue weighted by Crippen LogP contribution is -1.77. The van der Waals surface area contributed by atoms with Gasteiger partial charge in [0.15, 0.2) is 5.65 Å². The van der Waals surface area contributed by atoms with Gasteiger partial charge < -0.3 is 0 Å². The third-order valence-corrected chi connectivity index (χ3v) is 2.84. The molecular weight excluding hydrogens is 321 g/mol. The first-order valence-corrected chi connectivity index (χ1v) is 4.80. The van der Waals surface area contributed by atoms with E-state index in [0.29, 0.717) is 0 Å². The normalized spacial score (nSPS) is 10.7. The number of fused-ring (bicyclic) bond motifs is 1. The van der Waals surface area contributed by atoms with E-state index in [9.17, 15) is 0 Å². The Morgan fingerprint density at radius 2 is 2.36 bits per heavy atom. The highest BCUT2D eigenvalue weighted by Crippen LogP contribution is 2.23. The molecule has 0 saturated heterocycles. The second-order valence-electron chi connectivity index (χ2n) is 2.03. The van der Waals surface area contributed by atoms with Crippen LogP contribution >= 0.6 is 38.5 Å². The number of nitrogens with zero attached hydrogens (tertiary/aromatic N) is 2. The smallest absolute Gasteiger partial charge is 0.157 e. The van der Waals surface area contributed by atoms with Crippen LogP contribution in [0.5, 0.6) is 0 Å². The van der Waals surface area contributed by atoms with Crippen molar-refractivity contribution < 1.29 is 0 Å². The van der Waals surface area contributed by atoms with Crippen LogP contribution in [0.4, 0.5) is 0 Å². The van der Waals surface area contributed by atoms with E-state index < -0.39 is 0 Å². The monoisotopic (exact) mass is 323 g/mol. The van der Waals surface area contributed by atoms with E-state index in [1.807, 2.05) is 6.07 Å². The SMILES string of the molecule is Brc1n[nH]c2nccc(I)c12. The molecule has 3 nitrogen and oxygen atoms in total. The molecule has 0 aliphatic heterocycles. The molecule has 0 fully saturated rings. The van der Waals surface area contributed by atoms with Crippen LogP contribution in [0.1, 0.15) is 0 Å². The summed E-state index contributed by atoms with van der Waals surface area (Å²) < 4.78 is 1.97. The fraction of sp³-hybridized carbons (Fsp3) is 0. The molecule has 0 saturated carbocycles. The molecule has 0 atom stereocenters. The van der Waals surface area contributed by atoms with Gasteiger partial charge in [-0.1, -0.05) is 0 Å². The average molecular weight is 324 g/mol. The molecule has 56 valence electrons. The molecule has 11 heavy (non-hydrogen) atoms. The number of H-pyrrole nitrogens is 1. The molecule has 0 unspecified atom stereocenters. The Hall–Kier alpha value is -0.170. The van der Waals surface area contributed by atoms with Crippen molar-refractivity contribution >= 4 is 49.6 Å². The minimum atomic E-state index is 0.823. The van der Waals surface area contributed by atoms with E-state index in [2.05, 4.69) is 53.7 Å². The summed E-state index contributed by atoms with van der Waals surface area (Å²) in [6, 6.07) is 1.95. The number of rotatable bonds is 0. The Morgan fingerprint density at radius 1 is 1.55 bits per heavy atom. The number of halogens is 2. The third kappa shape index (κ3) is 1.16. The predicted molar refractivity (Wildman–Crippen MR) is 54.3 cm³/mol. The van der Waals surface area contributed by atoms with Gasteiger partial charge in [-0.25, -0.2) is 4.98 Å². The van der Waals surface area contributed by atoms with E-state index in [4.69, 9.17) is 0 Å². The minimum absolute atomic E-state index is 0.823. The van der Waals surface area contributed by atoms with Gasteiger partial charge in [-0.15, -0.1) is 0 Å². The largest absolute Gasteiger partial charge is 0.260 e. The van der Waals surface area contributed by atoms with Gasteiger partial charge in [0.2, 0.25) is 0 Å². The number of hydrogen-bond donors (Lipinski definition) is 1. The molecule has 5 heteroatoms. The number of nitrogens with one attached hydrogen (secondary N) is 1. The van der Waals surface area contributed by atoms with Crippen LogP contribution in [0.25, 0.3) is 11.0 Å². The van der Waals surface area contributed by atoms with Gasteiger partial charge in [0.25, 0.3) is 0 Å². The number of aromatic amines is 1. The van der Waals surface area contributed by atoms with Crippen molar-refractivity contribution in [1.82, 2.24) is 15.2 Å². The standard InChI is InChI=1S/C6H3BrIN3/c7-5-4-3(8)1-2-9-6(4)11-10-5/h1-2H,(H,9,10,11). The molecule has 0 aromatic carbocycles. The molecule has 0 radical (unpaired) electrons. The fourth-order valence-corrected chi connectivity index (χ4v) is 2.41. The van der Waals surface area contributed by atoms with Crippen LogP contribution in [0, 0.1) is 3.57 Å². The van der Waals surface area contributed by atoms with Crippen LogP contribution in [-0.2, 0) is 0 Å². The van der Waals surface area contributed by atoms with Gasteiger partial charge >= 0.3 is 0 Å². The van der Waals surface area contributed by atoms with E-state index in [-0.39, 0.29) is 0 Å². The summed E-state index contributed by atoms with van der Waals surface area (Å²) in [5.74, 6) is 0. The predicted octanol–water partition coefficient (Wildman–Crippen LogP) is 2.33. The van der Waals surface area contributed by atoms with Gasteiger partial charge in [-0.3, -0.25) is 5.10 Å². The summed E-state index contributed by atoms with van der Waals surface area (Å²) in [7, 11) is 0. The maximum Gasteiger partial charge on any atom is 0.157 e. The van der Waals surface area contributed by atoms with Gasteiger partial charge in [-0.2, -0.15) is 5.10 Å². The lowest BCUT2D eigenvalue weighted by atomic mass is 10.4. The van der Waals surface area contributed by atoms with Crippen LogP contribution in [0.3, 0.4) is 0 Å². The topological polar surface area (TPSA) is 41.6 Å². The Bertz CT molecular complexity index is 398. The summed E-state index contributed by atoms with van der Waals surface area (Å²) in [5, 5.41) is 7.85. The quantitative estimate of drug-likeness (QED) is 0.756. The van der Waals surface area contributed by atoms with Crippen molar-refractivity contribution in [3.63, 3.8) is 0 Å². The highest BCUT2D eigenvalue weighted by molar-refractivity contribution is 14.1. The Labute approximate surface area is 84.9 Å². The van der Waals surface area contributed by atoms with Crippen molar-refractivity contribution in [3.8, 4) is 0 Å². The van der Waals surface area contributed by atoms with Gasteiger partial charge in [0.05, 0.1) is 5.39 Å². The molecule has 0 aliphatic carbocycles. The summed E-state index contributed by atoms with van der Waals surface area (Å²) in [6.07, 6.45) is 1.76. The van der Waals surface area contributed by atoms with Gasteiger partial charge in [0.1, 0.15) is 4.60 Å². The zero-order valence-electron chi connectivity index (χ0n) is 5.31. The summed E-state index contributed by atoms with van der Waals surface area (Å²) >= 11 is 5.58. The van der Waals surface area contributed by atoms with Crippen molar-refractivity contribution in [2.75, 3.05) is 0 Å². The second-order valence-corrected chi connectivity index (χ2v) is 3.94. The molecule has 2 rings (SSSR count). The Morgan fingerprint density at radius 3 is 3.09 bits per heavy atom. The molecule has 0 amide bonds. The fourth-order valence-electron chi connectivity index (χ4n) is 0.877. The maximum absolute atomic E-state index is 4.11. The Kier molecular flexibility index (Phi) is 1.84. The van der Waals surface area contributed by atoms with E-state index in [0.717, 1.165) is 19.2 Å². The second kappa shape index (κ2) is 2.71. The first-order valence-electron chi connectivity index (χ1n) is 2.93. The number of aromatic nitrogens is 3. The zero-order valence-corrected chi connectivity index (χ0v) is 9.05. The lowest BCUT2D eigenvalue weighted by Gasteiger charge is -1.90. The van der Waals surface area contributed by atoms with Crippen molar-refractivity contribution in [3.05, 3.63) is 20.4 Å². The molecule has 2 heterocycles. The van der Waals surface area contributed by atoms with E-state index >= 15 is 0 Å². The van der Waals surface area contributed by atoms with Crippen molar-refractivity contribution in [2.24, 2.45) is 0 Å². The highest BCUT2D eigenvalue weighted by atomic mass is 127. The van der Waals surface area contributed by atoms with E-state index in [1.165, 1.54) is 0 Å². The molecule has 0 bridgehead atoms. The van der Waals surface area contributed by atoms with Gasteiger partial charge in [-0.05, 0) is 44.6 Å².